The Bertz CT molecular complexity index is 465. The number of piperazine rings is 1. The van der Waals surface area contributed by atoms with Crippen molar-refractivity contribution in [1.82, 2.24) is 5.32 Å². The van der Waals surface area contributed by atoms with Crippen molar-refractivity contribution >= 4 is 21.6 Å². The highest BCUT2D eigenvalue weighted by Crippen LogP contribution is 2.30. The fourth-order valence-electron chi connectivity index (χ4n) is 2.87. The lowest BCUT2D eigenvalue weighted by Gasteiger charge is -2.46. The smallest absolute Gasteiger partial charge is 0.0412 e. The summed E-state index contributed by atoms with van der Waals surface area (Å²) in [6, 6.07) is 7.84. The van der Waals surface area contributed by atoms with Gasteiger partial charge in [-0.1, -0.05) is 43.6 Å². The zero-order chi connectivity index (χ0) is 14.9. The molecule has 1 aromatic carbocycles. The van der Waals surface area contributed by atoms with Gasteiger partial charge in [-0.25, -0.2) is 0 Å². The molecule has 2 rings (SSSR count). The van der Waals surface area contributed by atoms with Gasteiger partial charge in [-0.05, 0) is 42.5 Å². The second-order valence-electron chi connectivity index (χ2n) is 6.97. The van der Waals surface area contributed by atoms with E-state index in [9.17, 15) is 0 Å². The van der Waals surface area contributed by atoms with Crippen LogP contribution in [-0.4, -0.2) is 25.2 Å². The molecule has 0 aromatic heterocycles. The van der Waals surface area contributed by atoms with E-state index in [0.29, 0.717) is 17.5 Å². The molecule has 2 unspecified atom stereocenters. The maximum Gasteiger partial charge on any atom is 0.0412 e. The number of benzene rings is 1. The Morgan fingerprint density at radius 1 is 1.35 bits per heavy atom. The molecule has 0 saturated carbocycles. The molecule has 0 bridgehead atoms. The molecule has 1 aliphatic rings. The van der Waals surface area contributed by atoms with Crippen LogP contribution in [0.25, 0.3) is 0 Å². The van der Waals surface area contributed by atoms with Crippen LogP contribution in [0.3, 0.4) is 0 Å². The maximum atomic E-state index is 3.73. The highest BCUT2D eigenvalue weighted by Gasteiger charge is 2.33. The minimum Gasteiger partial charge on any atom is -0.366 e. The van der Waals surface area contributed by atoms with E-state index in [2.05, 4.69) is 79.0 Å². The molecule has 0 amide bonds. The Hall–Kier alpha value is -0.540. The van der Waals surface area contributed by atoms with Crippen molar-refractivity contribution in [2.75, 3.05) is 18.0 Å². The number of rotatable bonds is 2. The summed E-state index contributed by atoms with van der Waals surface area (Å²) in [5, 5.41) is 3.73. The third-order valence-corrected chi connectivity index (χ3v) is 5.30. The summed E-state index contributed by atoms with van der Waals surface area (Å²) in [5.74, 6) is 0. The van der Waals surface area contributed by atoms with Gasteiger partial charge < -0.3 is 10.2 Å². The van der Waals surface area contributed by atoms with E-state index in [1.807, 2.05) is 0 Å². The van der Waals surface area contributed by atoms with Crippen LogP contribution in [0.1, 0.15) is 39.7 Å². The van der Waals surface area contributed by atoms with E-state index in [-0.39, 0.29) is 0 Å². The Labute approximate surface area is 132 Å². The first-order chi connectivity index (χ1) is 9.32. The highest BCUT2D eigenvalue weighted by molar-refractivity contribution is 9.10. The minimum absolute atomic E-state index is 0.293. The van der Waals surface area contributed by atoms with E-state index >= 15 is 0 Å². The molecular weight excluding hydrogens is 312 g/mol. The van der Waals surface area contributed by atoms with Crippen molar-refractivity contribution in [3.8, 4) is 0 Å². The number of hydrogen-bond donors (Lipinski definition) is 1. The van der Waals surface area contributed by atoms with Crippen LogP contribution in [0.4, 0.5) is 5.69 Å². The average Bonchev–Trinajstić information content (AvgIpc) is 2.40. The lowest BCUT2D eigenvalue weighted by molar-refractivity contribution is 0.233. The summed E-state index contributed by atoms with van der Waals surface area (Å²) >= 11 is 3.60. The van der Waals surface area contributed by atoms with Gasteiger partial charge in [-0.3, -0.25) is 0 Å². The van der Waals surface area contributed by atoms with Gasteiger partial charge in [0.25, 0.3) is 0 Å². The van der Waals surface area contributed by atoms with Crippen molar-refractivity contribution < 1.29 is 0 Å². The summed E-state index contributed by atoms with van der Waals surface area (Å²) in [6.07, 6.45) is 1.18. The van der Waals surface area contributed by atoms with Crippen LogP contribution in [0.15, 0.2) is 22.7 Å². The van der Waals surface area contributed by atoms with Gasteiger partial charge in [-0.2, -0.15) is 0 Å². The molecule has 0 radical (unpaired) electrons. The molecule has 0 aliphatic carbocycles. The van der Waals surface area contributed by atoms with E-state index in [4.69, 9.17) is 0 Å². The lowest BCUT2D eigenvalue weighted by atomic mass is 9.84. The lowest BCUT2D eigenvalue weighted by Crippen LogP contribution is -2.60. The zero-order valence-electron chi connectivity index (χ0n) is 13.3. The molecule has 1 saturated heterocycles. The van der Waals surface area contributed by atoms with Gasteiger partial charge in [0.05, 0.1) is 0 Å². The predicted molar refractivity (Wildman–Crippen MR) is 91.5 cm³/mol. The highest BCUT2D eigenvalue weighted by atomic mass is 79.9. The van der Waals surface area contributed by atoms with Gasteiger partial charge >= 0.3 is 0 Å². The van der Waals surface area contributed by atoms with Crippen molar-refractivity contribution in [2.45, 2.75) is 53.1 Å². The second kappa shape index (κ2) is 6.07. The van der Waals surface area contributed by atoms with E-state index in [1.54, 1.807) is 0 Å². The van der Waals surface area contributed by atoms with Crippen LogP contribution < -0.4 is 10.2 Å². The van der Waals surface area contributed by atoms with Gasteiger partial charge in [0, 0.05) is 35.3 Å². The molecule has 1 fully saturated rings. The number of aryl methyl sites for hydroxylation is 1. The fourth-order valence-corrected chi connectivity index (χ4v) is 3.11. The maximum absolute atomic E-state index is 3.73. The summed E-state index contributed by atoms with van der Waals surface area (Å²) in [6.45, 7) is 13.6. The largest absolute Gasteiger partial charge is 0.366 e. The quantitative estimate of drug-likeness (QED) is 0.861. The predicted octanol–water partition coefficient (Wildman–Crippen LogP) is 4.36. The first-order valence-electron chi connectivity index (χ1n) is 7.59. The van der Waals surface area contributed by atoms with E-state index in [0.717, 1.165) is 13.1 Å². The second-order valence-corrected chi connectivity index (χ2v) is 7.83. The Morgan fingerprint density at radius 2 is 2.05 bits per heavy atom. The van der Waals surface area contributed by atoms with Crippen LogP contribution in [-0.2, 0) is 0 Å². The van der Waals surface area contributed by atoms with Crippen molar-refractivity contribution in [2.24, 2.45) is 5.41 Å². The normalized spacial score (nSPS) is 24.0. The topological polar surface area (TPSA) is 15.3 Å². The molecule has 1 aromatic rings. The minimum atomic E-state index is 0.293. The van der Waals surface area contributed by atoms with E-state index < -0.39 is 0 Å². The van der Waals surface area contributed by atoms with Crippen molar-refractivity contribution in [3.63, 3.8) is 0 Å². The molecular formula is C17H27BrN2. The molecule has 3 heteroatoms. The van der Waals surface area contributed by atoms with Gasteiger partial charge in [-0.15, -0.1) is 0 Å². The summed E-state index contributed by atoms with van der Waals surface area (Å²) in [7, 11) is 0. The number of nitrogens with one attached hydrogen (secondary N) is 1. The first kappa shape index (κ1) is 15.8. The fraction of sp³-hybridized carbons (Fsp3) is 0.647. The first-order valence-corrected chi connectivity index (χ1v) is 8.38. The summed E-state index contributed by atoms with van der Waals surface area (Å²) < 4.78 is 1.19. The van der Waals surface area contributed by atoms with Gasteiger partial charge in [0.2, 0.25) is 0 Å². The van der Waals surface area contributed by atoms with Gasteiger partial charge in [0.1, 0.15) is 0 Å². The van der Waals surface area contributed by atoms with Crippen LogP contribution in [0, 0.1) is 12.3 Å². The zero-order valence-corrected chi connectivity index (χ0v) is 14.9. The summed E-state index contributed by atoms with van der Waals surface area (Å²) in [5.41, 5.74) is 2.96. The molecule has 0 spiro atoms. The average molecular weight is 339 g/mol. The summed E-state index contributed by atoms with van der Waals surface area (Å²) in [4.78, 5) is 2.59. The number of hydrogen-bond acceptors (Lipinski definition) is 2. The van der Waals surface area contributed by atoms with Crippen LogP contribution >= 0.6 is 15.9 Å². The third-order valence-electron chi connectivity index (χ3n) is 4.41. The number of nitrogens with zero attached hydrogens (tertiary/aromatic N) is 1. The molecule has 2 atom stereocenters. The number of halogens is 1. The van der Waals surface area contributed by atoms with E-state index in [1.165, 1.54) is 22.1 Å². The van der Waals surface area contributed by atoms with Crippen LogP contribution in [0.5, 0.6) is 0 Å². The molecule has 1 N–H and O–H groups in total. The molecule has 1 aliphatic heterocycles. The third kappa shape index (κ3) is 3.37. The van der Waals surface area contributed by atoms with Crippen molar-refractivity contribution in [1.29, 1.82) is 0 Å². The van der Waals surface area contributed by atoms with Gasteiger partial charge in [0.15, 0.2) is 0 Å². The molecule has 112 valence electrons. The Balaban J connectivity index is 2.27. The number of anilines is 1. The Kier molecular flexibility index (Phi) is 4.80. The molecule has 1 heterocycles. The van der Waals surface area contributed by atoms with Crippen molar-refractivity contribution in [3.05, 3.63) is 28.2 Å². The molecule has 20 heavy (non-hydrogen) atoms. The SMILES string of the molecule is CCC1CNC(C(C)(C)C)CN1c1ccc(Br)c(C)c1. The monoisotopic (exact) mass is 338 g/mol. The Morgan fingerprint density at radius 3 is 2.60 bits per heavy atom. The standard InChI is InChI=1S/C17H27BrN2/c1-6-13-10-19-16(17(3,4)5)11-20(13)14-7-8-15(18)12(2)9-14/h7-9,13,16,19H,6,10-11H2,1-5H3. The molecule has 2 nitrogen and oxygen atoms in total. The van der Waals surface area contributed by atoms with Crippen LogP contribution in [0.2, 0.25) is 0 Å².